The van der Waals surface area contributed by atoms with Crippen molar-refractivity contribution in [1.82, 2.24) is 10.2 Å². The first kappa shape index (κ1) is 23.5. The van der Waals surface area contributed by atoms with Crippen LogP contribution in [0.1, 0.15) is 40.9 Å². The number of nitro groups is 1. The predicted molar refractivity (Wildman–Crippen MR) is 136 cm³/mol. The molecule has 1 saturated heterocycles. The average Bonchev–Trinajstić information content (AvgIpc) is 3.47. The Kier molecular flexibility index (Phi) is 6.39. The summed E-state index contributed by atoms with van der Waals surface area (Å²) in [5, 5.41) is 16.9. The largest absolute Gasteiger partial charge is 0.457 e. The van der Waals surface area contributed by atoms with Gasteiger partial charge >= 0.3 is 0 Å². The number of carbonyl (C=O) groups excluding carboxylic acids is 2. The third-order valence-electron chi connectivity index (χ3n) is 6.74. The molecule has 0 aliphatic carbocycles. The molecule has 0 bridgehead atoms. The fourth-order valence-corrected chi connectivity index (χ4v) is 4.69. The summed E-state index contributed by atoms with van der Waals surface area (Å²) < 4.78 is 5.95. The molecule has 2 aromatic carbocycles. The van der Waals surface area contributed by atoms with Gasteiger partial charge in [-0.25, -0.2) is 0 Å². The van der Waals surface area contributed by atoms with Crippen LogP contribution in [0.5, 0.6) is 0 Å². The lowest BCUT2D eigenvalue weighted by Gasteiger charge is -2.32. The van der Waals surface area contributed by atoms with E-state index >= 15 is 0 Å². The van der Waals surface area contributed by atoms with Crippen LogP contribution in [0.3, 0.4) is 0 Å². The van der Waals surface area contributed by atoms with Crippen molar-refractivity contribution in [2.45, 2.75) is 25.3 Å². The Bertz CT molecular complexity index is 1380. The lowest BCUT2D eigenvalue weighted by atomic mass is 10.0. The molecule has 9 heteroatoms. The number of furan rings is 1. The SMILES string of the molecule is CN1CCCCC1CNC(=O)c1cccc(-c2ccc(/C=C3/C(=O)Nc4ccc([N+](=O)[O-])cc43)o2)c1. The monoisotopic (exact) mass is 486 g/mol. The van der Waals surface area contributed by atoms with E-state index in [9.17, 15) is 19.7 Å². The van der Waals surface area contributed by atoms with E-state index in [-0.39, 0.29) is 23.1 Å². The lowest BCUT2D eigenvalue weighted by molar-refractivity contribution is -0.384. The number of nitrogens with one attached hydrogen (secondary N) is 2. The second-order valence-electron chi connectivity index (χ2n) is 9.12. The highest BCUT2D eigenvalue weighted by molar-refractivity contribution is 6.34. The molecule has 2 aliphatic heterocycles. The van der Waals surface area contributed by atoms with Gasteiger partial charge in [0.05, 0.1) is 10.5 Å². The summed E-state index contributed by atoms with van der Waals surface area (Å²) in [5.41, 5.74) is 2.43. The van der Waals surface area contributed by atoms with Crippen LogP contribution in [0.2, 0.25) is 0 Å². The van der Waals surface area contributed by atoms with Crippen LogP contribution in [-0.2, 0) is 4.79 Å². The molecule has 184 valence electrons. The molecule has 1 atom stereocenters. The number of hydrogen-bond donors (Lipinski definition) is 2. The Labute approximate surface area is 207 Å². The number of likely N-dealkylation sites (N-methyl/N-ethyl adjacent to an activating group) is 1. The molecule has 1 aromatic heterocycles. The molecule has 2 N–H and O–H groups in total. The minimum atomic E-state index is -0.498. The van der Waals surface area contributed by atoms with Gasteiger partial charge in [0.2, 0.25) is 0 Å². The molecule has 2 amide bonds. The Hall–Kier alpha value is -4.24. The van der Waals surface area contributed by atoms with Crippen LogP contribution in [0.15, 0.2) is 59.0 Å². The van der Waals surface area contributed by atoms with E-state index < -0.39 is 4.92 Å². The summed E-state index contributed by atoms with van der Waals surface area (Å²) in [5.74, 6) is 0.474. The number of fused-ring (bicyclic) bond motifs is 1. The highest BCUT2D eigenvalue weighted by atomic mass is 16.6. The van der Waals surface area contributed by atoms with E-state index in [1.54, 1.807) is 36.4 Å². The van der Waals surface area contributed by atoms with Crippen molar-refractivity contribution in [1.29, 1.82) is 0 Å². The van der Waals surface area contributed by atoms with Gasteiger partial charge in [-0.2, -0.15) is 0 Å². The Morgan fingerprint density at radius 2 is 2.08 bits per heavy atom. The van der Waals surface area contributed by atoms with E-state index in [0.29, 0.717) is 40.9 Å². The zero-order chi connectivity index (χ0) is 25.2. The van der Waals surface area contributed by atoms with Crippen LogP contribution >= 0.6 is 0 Å². The van der Waals surface area contributed by atoms with Crippen LogP contribution in [0.4, 0.5) is 11.4 Å². The number of amides is 2. The van der Waals surface area contributed by atoms with Crippen LogP contribution < -0.4 is 10.6 Å². The molecule has 1 fully saturated rings. The van der Waals surface area contributed by atoms with Crippen molar-refractivity contribution in [3.05, 3.63) is 81.6 Å². The number of piperidine rings is 1. The minimum absolute atomic E-state index is 0.0958. The standard InChI is InChI=1S/C27H26N4O5/c1-30-12-3-2-7-20(30)16-28-26(32)18-6-4-5-17(13-18)25-11-9-21(36-25)15-23-22-14-19(31(34)35)8-10-24(22)29-27(23)33/h4-6,8-11,13-15,20H,2-3,7,12,16H2,1H3,(H,28,32)(H,29,33)/b23-15+. The van der Waals surface area contributed by atoms with Crippen LogP contribution in [0, 0.1) is 10.1 Å². The molecule has 0 spiro atoms. The third kappa shape index (κ3) is 4.78. The summed E-state index contributed by atoms with van der Waals surface area (Å²) in [7, 11) is 2.09. The smallest absolute Gasteiger partial charge is 0.270 e. The van der Waals surface area contributed by atoms with Gasteiger partial charge in [-0.05, 0) is 62.8 Å². The Morgan fingerprint density at radius 1 is 1.22 bits per heavy atom. The molecule has 2 aliphatic rings. The summed E-state index contributed by atoms with van der Waals surface area (Å²) in [6.45, 7) is 1.66. The first-order valence-corrected chi connectivity index (χ1v) is 11.9. The second-order valence-corrected chi connectivity index (χ2v) is 9.12. The molecule has 0 saturated carbocycles. The van der Waals surface area contributed by atoms with Gasteiger partial charge in [0.15, 0.2) is 0 Å². The maximum Gasteiger partial charge on any atom is 0.270 e. The molecule has 5 rings (SSSR count). The predicted octanol–water partition coefficient (Wildman–Crippen LogP) is 4.56. The van der Waals surface area contributed by atoms with Crippen molar-refractivity contribution in [3.8, 4) is 11.3 Å². The van der Waals surface area contributed by atoms with Gasteiger partial charge < -0.3 is 20.0 Å². The topological polar surface area (TPSA) is 118 Å². The second kappa shape index (κ2) is 9.79. The van der Waals surface area contributed by atoms with Gasteiger partial charge in [0.25, 0.3) is 17.5 Å². The van der Waals surface area contributed by atoms with Crippen molar-refractivity contribution < 1.29 is 18.9 Å². The Balaban J connectivity index is 1.33. The summed E-state index contributed by atoms with van der Waals surface area (Å²) in [6.07, 6.45) is 5.02. The van der Waals surface area contributed by atoms with E-state index in [1.165, 1.54) is 31.0 Å². The van der Waals surface area contributed by atoms with Crippen molar-refractivity contribution in [2.75, 3.05) is 25.5 Å². The molecular formula is C27H26N4O5. The number of nitro benzene ring substituents is 1. The van der Waals surface area contributed by atoms with Crippen LogP contribution in [0.25, 0.3) is 23.0 Å². The number of rotatable bonds is 6. The maximum absolute atomic E-state index is 12.8. The number of nitrogens with zero attached hydrogens (tertiary/aromatic N) is 2. The summed E-state index contributed by atoms with van der Waals surface area (Å²) in [4.78, 5) is 38.2. The number of non-ortho nitro benzene ring substituents is 1. The quantitative estimate of drug-likeness (QED) is 0.300. The fraction of sp³-hybridized carbons (Fsp3) is 0.259. The minimum Gasteiger partial charge on any atom is -0.457 e. The zero-order valence-electron chi connectivity index (χ0n) is 19.8. The molecule has 3 heterocycles. The summed E-state index contributed by atoms with van der Waals surface area (Å²) in [6, 6.07) is 15.3. The van der Waals surface area contributed by atoms with E-state index in [1.807, 2.05) is 6.07 Å². The number of carbonyl (C=O) groups is 2. The summed E-state index contributed by atoms with van der Waals surface area (Å²) >= 11 is 0. The zero-order valence-corrected chi connectivity index (χ0v) is 19.8. The maximum atomic E-state index is 12.8. The van der Waals surface area contributed by atoms with Crippen LogP contribution in [-0.4, -0.2) is 47.8 Å². The van der Waals surface area contributed by atoms with Gasteiger partial charge in [0, 0.05) is 47.1 Å². The fourth-order valence-electron chi connectivity index (χ4n) is 4.69. The number of likely N-dealkylation sites (tertiary alicyclic amines) is 1. The normalized spacial score (nSPS) is 18.6. The number of hydrogen-bond acceptors (Lipinski definition) is 6. The number of anilines is 1. The molecule has 1 unspecified atom stereocenters. The van der Waals surface area contributed by atoms with E-state index in [2.05, 4.69) is 22.6 Å². The Morgan fingerprint density at radius 3 is 2.89 bits per heavy atom. The molecule has 36 heavy (non-hydrogen) atoms. The van der Waals surface area contributed by atoms with Gasteiger partial charge in [0.1, 0.15) is 11.5 Å². The molecular weight excluding hydrogens is 460 g/mol. The van der Waals surface area contributed by atoms with Gasteiger partial charge in [-0.3, -0.25) is 19.7 Å². The molecule has 9 nitrogen and oxygen atoms in total. The van der Waals surface area contributed by atoms with Crippen molar-refractivity contribution >= 4 is 34.8 Å². The van der Waals surface area contributed by atoms with Crippen molar-refractivity contribution in [2.24, 2.45) is 0 Å². The van der Waals surface area contributed by atoms with E-state index in [4.69, 9.17) is 4.42 Å². The lowest BCUT2D eigenvalue weighted by Crippen LogP contribution is -2.44. The van der Waals surface area contributed by atoms with Gasteiger partial charge in [-0.1, -0.05) is 18.6 Å². The molecule has 0 radical (unpaired) electrons. The van der Waals surface area contributed by atoms with Gasteiger partial charge in [-0.15, -0.1) is 0 Å². The van der Waals surface area contributed by atoms with E-state index in [0.717, 1.165) is 18.5 Å². The highest BCUT2D eigenvalue weighted by Crippen LogP contribution is 2.36. The first-order chi connectivity index (χ1) is 17.4. The average molecular weight is 487 g/mol. The third-order valence-corrected chi connectivity index (χ3v) is 6.74. The first-order valence-electron chi connectivity index (χ1n) is 11.9. The number of benzene rings is 2. The highest BCUT2D eigenvalue weighted by Gasteiger charge is 2.27. The molecule has 3 aromatic rings. The van der Waals surface area contributed by atoms with Crippen molar-refractivity contribution in [3.63, 3.8) is 0 Å².